The second-order valence-corrected chi connectivity index (χ2v) is 5.36. The Balaban J connectivity index is 2.37. The van der Waals surface area contributed by atoms with E-state index in [1.165, 1.54) is 5.69 Å². The van der Waals surface area contributed by atoms with Gasteiger partial charge in [0.1, 0.15) is 0 Å². The van der Waals surface area contributed by atoms with E-state index in [9.17, 15) is 0 Å². The van der Waals surface area contributed by atoms with E-state index in [4.69, 9.17) is 0 Å². The van der Waals surface area contributed by atoms with E-state index in [-0.39, 0.29) is 0 Å². The molecular weight excluding hydrogens is 184 g/mol. The molecule has 0 amide bonds. The largest absolute Gasteiger partial charge is 0.353 e. The number of nitrogens with zero attached hydrogens (tertiary/aromatic N) is 1. The molecule has 0 aliphatic rings. The van der Waals surface area contributed by atoms with Crippen molar-refractivity contribution in [3.8, 4) is 0 Å². The predicted molar refractivity (Wildman–Crippen MR) is 65.7 cm³/mol. The van der Waals surface area contributed by atoms with Crippen LogP contribution in [0.15, 0.2) is 18.3 Å². The lowest BCUT2D eigenvalue weighted by atomic mass is 9.81. The number of hydrogen-bond donors (Lipinski definition) is 1. The first-order chi connectivity index (χ1) is 6.93. The summed E-state index contributed by atoms with van der Waals surface area (Å²) in [6.45, 7) is 11.2. The van der Waals surface area contributed by atoms with Gasteiger partial charge in [-0.2, -0.15) is 0 Å². The molecule has 0 spiro atoms. The maximum atomic E-state index is 3.53. The molecule has 0 saturated carbocycles. The quantitative estimate of drug-likeness (QED) is 0.787. The third-order valence-electron chi connectivity index (χ3n) is 3.50. The Morgan fingerprint density at radius 3 is 2.53 bits per heavy atom. The molecule has 0 bridgehead atoms. The van der Waals surface area contributed by atoms with E-state index < -0.39 is 0 Å². The van der Waals surface area contributed by atoms with Crippen molar-refractivity contribution >= 4 is 0 Å². The standard InChI is InChI=1S/C13H24N2/c1-11(2)13(3,4)10-14-9-12-7-6-8-15(12)5/h6-8,11,14H,9-10H2,1-5H3. The van der Waals surface area contributed by atoms with Crippen LogP contribution in [-0.4, -0.2) is 11.1 Å². The minimum atomic E-state index is 0.366. The lowest BCUT2D eigenvalue weighted by Crippen LogP contribution is -2.33. The van der Waals surface area contributed by atoms with Gasteiger partial charge in [0.2, 0.25) is 0 Å². The summed E-state index contributed by atoms with van der Waals surface area (Å²) in [4.78, 5) is 0. The summed E-state index contributed by atoms with van der Waals surface area (Å²) >= 11 is 0. The molecule has 1 heterocycles. The summed E-state index contributed by atoms with van der Waals surface area (Å²) in [7, 11) is 2.09. The first-order valence-electron chi connectivity index (χ1n) is 5.74. The Morgan fingerprint density at radius 2 is 2.07 bits per heavy atom. The summed E-state index contributed by atoms with van der Waals surface area (Å²) < 4.78 is 2.16. The molecule has 0 fully saturated rings. The fourth-order valence-electron chi connectivity index (χ4n) is 1.40. The normalized spacial score (nSPS) is 12.4. The molecule has 0 aliphatic carbocycles. The Morgan fingerprint density at radius 1 is 1.40 bits per heavy atom. The highest BCUT2D eigenvalue weighted by Crippen LogP contribution is 2.24. The Kier molecular flexibility index (Phi) is 3.97. The van der Waals surface area contributed by atoms with Crippen LogP contribution >= 0.6 is 0 Å². The summed E-state index contributed by atoms with van der Waals surface area (Å²) in [6.07, 6.45) is 2.09. The van der Waals surface area contributed by atoms with E-state index in [1.807, 2.05) is 0 Å². The summed E-state index contributed by atoms with van der Waals surface area (Å²) in [6, 6.07) is 4.25. The van der Waals surface area contributed by atoms with Crippen LogP contribution in [0.3, 0.4) is 0 Å². The highest BCUT2D eigenvalue weighted by molar-refractivity contribution is 5.05. The first-order valence-corrected chi connectivity index (χ1v) is 5.74. The van der Waals surface area contributed by atoms with Crippen molar-refractivity contribution in [1.29, 1.82) is 0 Å². The van der Waals surface area contributed by atoms with Gasteiger partial charge in [0.25, 0.3) is 0 Å². The Bertz CT molecular complexity index is 297. The molecule has 1 rings (SSSR count). The third kappa shape index (κ3) is 3.38. The SMILES string of the molecule is CC(C)C(C)(C)CNCc1cccn1C. The van der Waals surface area contributed by atoms with Crippen molar-refractivity contribution in [1.82, 2.24) is 9.88 Å². The lowest BCUT2D eigenvalue weighted by Gasteiger charge is -2.29. The summed E-state index contributed by atoms with van der Waals surface area (Å²) in [5, 5.41) is 3.53. The van der Waals surface area contributed by atoms with Crippen LogP contribution in [0.5, 0.6) is 0 Å². The number of aromatic nitrogens is 1. The molecule has 0 aromatic carbocycles. The minimum absolute atomic E-state index is 0.366. The summed E-state index contributed by atoms with van der Waals surface area (Å²) in [5.41, 5.74) is 1.71. The van der Waals surface area contributed by atoms with Crippen molar-refractivity contribution in [3.63, 3.8) is 0 Å². The average molecular weight is 208 g/mol. The van der Waals surface area contributed by atoms with Crippen LogP contribution in [0, 0.1) is 11.3 Å². The molecule has 86 valence electrons. The van der Waals surface area contributed by atoms with Gasteiger partial charge in [-0.1, -0.05) is 27.7 Å². The van der Waals surface area contributed by atoms with E-state index in [1.54, 1.807) is 0 Å². The van der Waals surface area contributed by atoms with Crippen LogP contribution in [0.25, 0.3) is 0 Å². The van der Waals surface area contributed by atoms with Crippen LogP contribution < -0.4 is 5.32 Å². The third-order valence-corrected chi connectivity index (χ3v) is 3.50. The molecule has 0 unspecified atom stereocenters. The second-order valence-electron chi connectivity index (χ2n) is 5.36. The van der Waals surface area contributed by atoms with Gasteiger partial charge in [-0.3, -0.25) is 0 Å². The number of rotatable bonds is 5. The van der Waals surface area contributed by atoms with E-state index in [2.05, 4.69) is 63.0 Å². The van der Waals surface area contributed by atoms with Gasteiger partial charge in [-0.15, -0.1) is 0 Å². The highest BCUT2D eigenvalue weighted by Gasteiger charge is 2.21. The molecule has 15 heavy (non-hydrogen) atoms. The van der Waals surface area contributed by atoms with Crippen LogP contribution in [0.4, 0.5) is 0 Å². The Labute approximate surface area is 93.7 Å². The zero-order valence-electron chi connectivity index (χ0n) is 10.7. The number of aryl methyl sites for hydroxylation is 1. The van der Waals surface area contributed by atoms with Gasteiger partial charge >= 0.3 is 0 Å². The van der Waals surface area contributed by atoms with Crippen LogP contribution in [0.2, 0.25) is 0 Å². The number of hydrogen-bond acceptors (Lipinski definition) is 1. The fraction of sp³-hybridized carbons (Fsp3) is 0.692. The second kappa shape index (κ2) is 4.84. The fourth-order valence-corrected chi connectivity index (χ4v) is 1.40. The van der Waals surface area contributed by atoms with Gasteiger partial charge in [-0.25, -0.2) is 0 Å². The van der Waals surface area contributed by atoms with Crippen LogP contribution in [0.1, 0.15) is 33.4 Å². The van der Waals surface area contributed by atoms with E-state index >= 15 is 0 Å². The monoisotopic (exact) mass is 208 g/mol. The number of nitrogens with one attached hydrogen (secondary N) is 1. The topological polar surface area (TPSA) is 17.0 Å². The maximum Gasteiger partial charge on any atom is 0.0359 e. The molecule has 1 aromatic rings. The van der Waals surface area contributed by atoms with Crippen molar-refractivity contribution in [2.24, 2.45) is 18.4 Å². The van der Waals surface area contributed by atoms with Crippen molar-refractivity contribution in [3.05, 3.63) is 24.0 Å². The van der Waals surface area contributed by atoms with E-state index in [0.717, 1.165) is 13.1 Å². The van der Waals surface area contributed by atoms with Crippen LogP contribution in [-0.2, 0) is 13.6 Å². The van der Waals surface area contributed by atoms with Gasteiger partial charge in [0.15, 0.2) is 0 Å². The molecule has 2 heteroatoms. The molecular formula is C13H24N2. The Hall–Kier alpha value is -0.760. The lowest BCUT2D eigenvalue weighted by molar-refractivity contribution is 0.237. The minimum Gasteiger partial charge on any atom is -0.353 e. The average Bonchev–Trinajstić information content (AvgIpc) is 2.51. The highest BCUT2D eigenvalue weighted by atomic mass is 15.0. The molecule has 0 aliphatic heterocycles. The smallest absolute Gasteiger partial charge is 0.0359 e. The van der Waals surface area contributed by atoms with E-state index in [0.29, 0.717) is 11.3 Å². The zero-order chi connectivity index (χ0) is 11.5. The van der Waals surface area contributed by atoms with Gasteiger partial charge in [0, 0.05) is 32.0 Å². The zero-order valence-corrected chi connectivity index (χ0v) is 10.7. The van der Waals surface area contributed by atoms with Crippen molar-refractivity contribution in [2.75, 3.05) is 6.54 Å². The molecule has 0 radical (unpaired) electrons. The summed E-state index contributed by atoms with van der Waals surface area (Å²) in [5.74, 6) is 0.707. The molecule has 0 saturated heterocycles. The molecule has 1 N–H and O–H groups in total. The van der Waals surface area contributed by atoms with Crippen molar-refractivity contribution in [2.45, 2.75) is 34.2 Å². The molecule has 2 nitrogen and oxygen atoms in total. The van der Waals surface area contributed by atoms with Gasteiger partial charge in [-0.05, 0) is 23.5 Å². The molecule has 1 aromatic heterocycles. The molecule has 0 atom stereocenters. The first kappa shape index (κ1) is 12.3. The predicted octanol–water partition coefficient (Wildman–Crippen LogP) is 2.80. The maximum absolute atomic E-state index is 3.53. The van der Waals surface area contributed by atoms with Gasteiger partial charge in [0.05, 0.1) is 0 Å². The van der Waals surface area contributed by atoms with Crippen molar-refractivity contribution < 1.29 is 0 Å². The van der Waals surface area contributed by atoms with Gasteiger partial charge < -0.3 is 9.88 Å².